The van der Waals surface area contributed by atoms with Gasteiger partial charge in [-0.3, -0.25) is 9.69 Å². The zero-order valence-corrected chi connectivity index (χ0v) is 12.1. The fourth-order valence-corrected chi connectivity index (χ4v) is 2.66. The first-order valence-corrected chi connectivity index (χ1v) is 6.66. The van der Waals surface area contributed by atoms with Gasteiger partial charge in [-0.05, 0) is 53.9 Å². The van der Waals surface area contributed by atoms with Gasteiger partial charge in [0.05, 0.1) is 0 Å². The highest BCUT2D eigenvalue weighted by molar-refractivity contribution is 5.70. The molecule has 1 rings (SSSR count). The lowest BCUT2D eigenvalue weighted by atomic mass is 10.0. The van der Waals surface area contributed by atoms with E-state index in [-0.39, 0.29) is 11.6 Å². The van der Waals surface area contributed by atoms with Gasteiger partial charge >= 0.3 is 5.97 Å². The Bertz CT molecular complexity index is 268. The Morgan fingerprint density at radius 1 is 1.41 bits per heavy atom. The fourth-order valence-electron chi connectivity index (χ4n) is 2.66. The highest BCUT2D eigenvalue weighted by atomic mass is 16.6. The van der Waals surface area contributed by atoms with Gasteiger partial charge in [0.25, 0.3) is 0 Å². The minimum atomic E-state index is -0.362. The molecule has 0 aromatic rings. The van der Waals surface area contributed by atoms with E-state index in [1.165, 1.54) is 0 Å². The number of nitrogens with zero attached hydrogens (tertiary/aromatic N) is 1. The highest BCUT2D eigenvalue weighted by Crippen LogP contribution is 2.28. The highest BCUT2D eigenvalue weighted by Gasteiger charge is 2.32. The molecule has 0 aromatic heterocycles. The summed E-state index contributed by atoms with van der Waals surface area (Å²) in [7, 11) is 0. The molecule has 2 atom stereocenters. The molecule has 1 fully saturated rings. The Kier molecular flexibility index (Phi) is 4.59. The smallest absolute Gasteiger partial charge is 0.306 e. The van der Waals surface area contributed by atoms with Crippen molar-refractivity contribution in [1.82, 2.24) is 4.90 Å². The van der Waals surface area contributed by atoms with E-state index in [2.05, 4.69) is 25.7 Å². The zero-order valence-electron chi connectivity index (χ0n) is 12.1. The second-order valence-corrected chi connectivity index (χ2v) is 6.53. The molecule has 1 saturated heterocycles. The second-order valence-electron chi connectivity index (χ2n) is 6.53. The molecular weight excluding hydrogens is 214 g/mol. The molecule has 0 radical (unpaired) electrons. The van der Waals surface area contributed by atoms with Crippen LogP contribution in [0.1, 0.15) is 54.4 Å². The third kappa shape index (κ3) is 4.66. The van der Waals surface area contributed by atoms with Gasteiger partial charge < -0.3 is 4.74 Å². The van der Waals surface area contributed by atoms with Gasteiger partial charge in [0, 0.05) is 25.0 Å². The van der Waals surface area contributed by atoms with Crippen LogP contribution in [-0.4, -0.2) is 35.1 Å². The number of hydrogen-bond acceptors (Lipinski definition) is 3. The summed E-state index contributed by atoms with van der Waals surface area (Å²) in [5, 5.41) is 0. The Labute approximate surface area is 106 Å². The monoisotopic (exact) mass is 241 g/mol. The summed E-state index contributed by atoms with van der Waals surface area (Å²) in [6.07, 6.45) is 1.67. The topological polar surface area (TPSA) is 29.5 Å². The van der Waals surface area contributed by atoms with Crippen LogP contribution in [0, 0.1) is 5.92 Å². The van der Waals surface area contributed by atoms with Crippen LogP contribution in [0.3, 0.4) is 0 Å². The van der Waals surface area contributed by atoms with Crippen LogP contribution in [0.2, 0.25) is 0 Å². The number of carbonyl (C=O) groups is 1. The molecule has 100 valence electrons. The molecule has 0 unspecified atom stereocenters. The number of hydrogen-bond donors (Lipinski definition) is 0. The molecule has 0 N–H and O–H groups in total. The molecule has 0 aliphatic carbocycles. The van der Waals surface area contributed by atoms with Crippen LogP contribution < -0.4 is 0 Å². The van der Waals surface area contributed by atoms with Gasteiger partial charge in [-0.2, -0.15) is 0 Å². The Hall–Kier alpha value is -0.570. The van der Waals surface area contributed by atoms with Crippen molar-refractivity contribution < 1.29 is 9.53 Å². The third-order valence-corrected chi connectivity index (χ3v) is 3.25. The first-order valence-electron chi connectivity index (χ1n) is 6.66. The van der Waals surface area contributed by atoms with Crippen LogP contribution in [-0.2, 0) is 9.53 Å². The Morgan fingerprint density at radius 3 is 2.41 bits per heavy atom. The normalized spacial score (nSPS) is 26.5. The first kappa shape index (κ1) is 14.5. The summed E-state index contributed by atoms with van der Waals surface area (Å²) in [6.45, 7) is 13.5. The quantitative estimate of drug-likeness (QED) is 0.712. The average Bonchev–Trinajstić information content (AvgIpc) is 2.42. The van der Waals surface area contributed by atoms with E-state index in [4.69, 9.17) is 4.74 Å². The van der Waals surface area contributed by atoms with Gasteiger partial charge in [-0.25, -0.2) is 0 Å². The summed E-state index contributed by atoms with van der Waals surface area (Å²) in [4.78, 5) is 14.2. The van der Waals surface area contributed by atoms with Gasteiger partial charge in [0.15, 0.2) is 0 Å². The third-order valence-electron chi connectivity index (χ3n) is 3.25. The molecule has 1 aliphatic rings. The molecule has 3 nitrogen and oxygen atoms in total. The molecule has 1 aliphatic heterocycles. The van der Waals surface area contributed by atoms with Crippen molar-refractivity contribution in [3.8, 4) is 0 Å². The van der Waals surface area contributed by atoms with Crippen molar-refractivity contribution in [3.05, 3.63) is 0 Å². The summed E-state index contributed by atoms with van der Waals surface area (Å²) < 4.78 is 5.37. The van der Waals surface area contributed by atoms with Crippen LogP contribution in [0.4, 0.5) is 0 Å². The molecule has 0 amide bonds. The van der Waals surface area contributed by atoms with Gasteiger partial charge in [-0.15, -0.1) is 0 Å². The van der Waals surface area contributed by atoms with E-state index in [1.54, 1.807) is 0 Å². The summed E-state index contributed by atoms with van der Waals surface area (Å²) >= 11 is 0. The number of carbonyl (C=O) groups excluding carboxylic acids is 1. The lowest BCUT2D eigenvalue weighted by Crippen LogP contribution is -2.34. The summed E-state index contributed by atoms with van der Waals surface area (Å²) in [5.74, 6) is 0.405. The van der Waals surface area contributed by atoms with E-state index in [0.717, 1.165) is 13.0 Å². The van der Waals surface area contributed by atoms with Crippen LogP contribution in [0.15, 0.2) is 0 Å². The van der Waals surface area contributed by atoms with E-state index < -0.39 is 0 Å². The number of esters is 1. The maximum Gasteiger partial charge on any atom is 0.306 e. The molecule has 1 heterocycles. The molecule has 3 heteroatoms. The predicted octanol–water partition coefficient (Wildman–Crippen LogP) is 2.84. The maximum absolute atomic E-state index is 11.8. The average molecular weight is 241 g/mol. The molecule has 0 spiro atoms. The standard InChI is InChI=1S/C14H27NO2/c1-10(2)15-9-12(7-11(15)3)8-13(16)17-14(4,5)6/h10-12H,7-9H2,1-6H3/t11-,12-/m0/s1. The lowest BCUT2D eigenvalue weighted by Gasteiger charge is -2.25. The summed E-state index contributed by atoms with van der Waals surface area (Å²) in [6, 6.07) is 1.15. The Balaban J connectivity index is 2.42. The van der Waals surface area contributed by atoms with Crippen molar-refractivity contribution in [3.63, 3.8) is 0 Å². The van der Waals surface area contributed by atoms with Crippen molar-refractivity contribution >= 4 is 5.97 Å². The number of ether oxygens (including phenoxy) is 1. The van der Waals surface area contributed by atoms with Crippen molar-refractivity contribution in [2.45, 2.75) is 72.1 Å². The van der Waals surface area contributed by atoms with Crippen molar-refractivity contribution in [2.75, 3.05) is 6.54 Å². The zero-order chi connectivity index (χ0) is 13.2. The second kappa shape index (κ2) is 5.38. The van der Waals surface area contributed by atoms with Gasteiger partial charge in [0.1, 0.15) is 5.60 Å². The van der Waals surface area contributed by atoms with E-state index in [9.17, 15) is 4.79 Å². The number of likely N-dealkylation sites (tertiary alicyclic amines) is 1. The Morgan fingerprint density at radius 2 is 2.00 bits per heavy atom. The minimum absolute atomic E-state index is 0.0553. The van der Waals surface area contributed by atoms with Crippen LogP contribution >= 0.6 is 0 Å². The van der Waals surface area contributed by atoms with Crippen LogP contribution in [0.5, 0.6) is 0 Å². The lowest BCUT2D eigenvalue weighted by molar-refractivity contribution is -0.155. The van der Waals surface area contributed by atoms with Crippen LogP contribution in [0.25, 0.3) is 0 Å². The molecule has 0 aromatic carbocycles. The molecule has 0 saturated carbocycles. The maximum atomic E-state index is 11.8. The van der Waals surface area contributed by atoms with Gasteiger partial charge in [-0.1, -0.05) is 0 Å². The predicted molar refractivity (Wildman–Crippen MR) is 69.9 cm³/mol. The van der Waals surface area contributed by atoms with Crippen molar-refractivity contribution in [2.24, 2.45) is 5.92 Å². The first-order chi connectivity index (χ1) is 7.69. The largest absolute Gasteiger partial charge is 0.460 e. The van der Waals surface area contributed by atoms with Gasteiger partial charge in [0.2, 0.25) is 0 Å². The molecule has 0 bridgehead atoms. The molecule has 17 heavy (non-hydrogen) atoms. The fraction of sp³-hybridized carbons (Fsp3) is 0.929. The van der Waals surface area contributed by atoms with E-state index in [0.29, 0.717) is 24.4 Å². The van der Waals surface area contributed by atoms with Crippen molar-refractivity contribution in [1.29, 1.82) is 0 Å². The number of rotatable bonds is 3. The van der Waals surface area contributed by atoms with E-state index in [1.807, 2.05) is 20.8 Å². The van der Waals surface area contributed by atoms with E-state index >= 15 is 0 Å². The minimum Gasteiger partial charge on any atom is -0.460 e. The molecular formula is C14H27NO2. The SMILES string of the molecule is CC(C)N1C[C@H](CC(=O)OC(C)(C)C)C[C@@H]1C. The summed E-state index contributed by atoms with van der Waals surface area (Å²) in [5.41, 5.74) is -0.362.